The van der Waals surface area contributed by atoms with Crippen molar-refractivity contribution in [3.05, 3.63) is 94.3 Å². The first kappa shape index (κ1) is 30.1. The number of hydrogen-bond acceptors (Lipinski definition) is 4. The molecule has 0 radical (unpaired) electrons. The molecular formula is C29H33ClFN3O4S. The molecule has 0 saturated heterocycles. The van der Waals surface area contributed by atoms with Crippen LogP contribution >= 0.6 is 11.6 Å². The molecule has 208 valence electrons. The lowest BCUT2D eigenvalue weighted by atomic mass is 10.1. The number of rotatable bonds is 11. The molecule has 2 amide bonds. The summed E-state index contributed by atoms with van der Waals surface area (Å²) in [6.45, 7) is 6.91. The van der Waals surface area contributed by atoms with E-state index in [-0.39, 0.29) is 17.3 Å². The summed E-state index contributed by atoms with van der Waals surface area (Å²) in [4.78, 5) is 28.3. The maximum absolute atomic E-state index is 14.0. The highest BCUT2D eigenvalue weighted by Gasteiger charge is 2.34. The van der Waals surface area contributed by atoms with E-state index in [4.69, 9.17) is 11.6 Å². The first-order chi connectivity index (χ1) is 18.5. The Morgan fingerprint density at radius 1 is 0.974 bits per heavy atom. The second-order valence-corrected chi connectivity index (χ2v) is 11.5. The fourth-order valence-electron chi connectivity index (χ4n) is 4.25. The average Bonchev–Trinajstić information content (AvgIpc) is 2.89. The van der Waals surface area contributed by atoms with Gasteiger partial charge in [0, 0.05) is 18.1 Å². The molecule has 0 aliphatic rings. The molecule has 0 fully saturated rings. The second-order valence-electron chi connectivity index (χ2n) is 9.22. The summed E-state index contributed by atoms with van der Waals surface area (Å²) < 4.78 is 42.4. The van der Waals surface area contributed by atoms with E-state index in [0.29, 0.717) is 34.8 Å². The zero-order valence-electron chi connectivity index (χ0n) is 22.4. The first-order valence-electron chi connectivity index (χ1n) is 12.6. The number of carbonyl (C=O) groups excluding carboxylic acids is 2. The molecule has 3 aromatic carbocycles. The number of hydrogen-bond donors (Lipinski definition) is 1. The Hall–Kier alpha value is -3.43. The van der Waals surface area contributed by atoms with Gasteiger partial charge in [0.25, 0.3) is 10.0 Å². The van der Waals surface area contributed by atoms with Crippen LogP contribution in [-0.2, 0) is 26.2 Å². The quantitative estimate of drug-likeness (QED) is 0.340. The van der Waals surface area contributed by atoms with E-state index in [2.05, 4.69) is 5.32 Å². The molecule has 0 spiro atoms. The van der Waals surface area contributed by atoms with Crippen LogP contribution in [0.1, 0.15) is 37.0 Å². The summed E-state index contributed by atoms with van der Waals surface area (Å²) >= 11 is 6.14. The molecule has 3 rings (SSSR count). The van der Waals surface area contributed by atoms with Crippen molar-refractivity contribution in [2.75, 3.05) is 17.4 Å². The summed E-state index contributed by atoms with van der Waals surface area (Å²) in [5, 5.41) is 3.18. The zero-order valence-corrected chi connectivity index (χ0v) is 24.0. The van der Waals surface area contributed by atoms with Gasteiger partial charge in [0.1, 0.15) is 18.4 Å². The van der Waals surface area contributed by atoms with Crippen molar-refractivity contribution in [1.82, 2.24) is 10.2 Å². The minimum absolute atomic E-state index is 0.00717. The van der Waals surface area contributed by atoms with E-state index >= 15 is 0 Å². The van der Waals surface area contributed by atoms with Crippen LogP contribution in [0.2, 0.25) is 5.02 Å². The van der Waals surface area contributed by atoms with E-state index < -0.39 is 34.3 Å². The van der Waals surface area contributed by atoms with Crippen LogP contribution in [0.25, 0.3) is 0 Å². The lowest BCUT2D eigenvalue weighted by Crippen LogP contribution is -2.52. The molecule has 39 heavy (non-hydrogen) atoms. The fourth-order valence-corrected chi connectivity index (χ4v) is 5.95. The molecular weight excluding hydrogens is 541 g/mol. The van der Waals surface area contributed by atoms with Crippen molar-refractivity contribution in [1.29, 1.82) is 0 Å². The van der Waals surface area contributed by atoms with Gasteiger partial charge >= 0.3 is 0 Å². The third-order valence-electron chi connectivity index (χ3n) is 6.32. The Balaban J connectivity index is 2.09. The van der Waals surface area contributed by atoms with Crippen LogP contribution in [0.3, 0.4) is 0 Å². The van der Waals surface area contributed by atoms with Crippen LogP contribution in [-0.4, -0.2) is 44.3 Å². The molecule has 0 bridgehead atoms. The average molecular weight is 574 g/mol. The van der Waals surface area contributed by atoms with Gasteiger partial charge in [-0.25, -0.2) is 12.8 Å². The number of nitrogens with one attached hydrogen (secondary N) is 1. The molecule has 3 aromatic rings. The lowest BCUT2D eigenvalue weighted by molar-refractivity contribution is -0.140. The number of halogens is 2. The molecule has 0 heterocycles. The standard InChI is InChI=1S/C29H33ClFN3O4S/c1-5-26(29(36)32-6-2)33(18-22-9-12-24(31)13-10-22)28(35)19-34(27-16-11-23(30)17-21(27)4)39(37,38)25-14-7-20(3)8-15-25/h7-17,26H,5-6,18-19H2,1-4H3,(H,32,36)/t26-/m1/s1. The van der Waals surface area contributed by atoms with E-state index in [0.717, 1.165) is 9.87 Å². The molecule has 0 saturated carbocycles. The molecule has 1 N–H and O–H groups in total. The summed E-state index contributed by atoms with van der Waals surface area (Å²) in [6, 6.07) is 15.8. The van der Waals surface area contributed by atoms with Crippen LogP contribution in [0.5, 0.6) is 0 Å². The van der Waals surface area contributed by atoms with E-state index in [1.54, 1.807) is 51.1 Å². The SMILES string of the molecule is CCNC(=O)[C@@H](CC)N(Cc1ccc(F)cc1)C(=O)CN(c1ccc(Cl)cc1C)S(=O)(=O)c1ccc(C)cc1. The van der Waals surface area contributed by atoms with E-state index in [9.17, 15) is 22.4 Å². The third-order valence-corrected chi connectivity index (χ3v) is 8.33. The molecule has 7 nitrogen and oxygen atoms in total. The summed E-state index contributed by atoms with van der Waals surface area (Å²) in [6.07, 6.45) is 0.295. The van der Waals surface area contributed by atoms with Gasteiger partial charge in [-0.3, -0.25) is 13.9 Å². The van der Waals surface area contributed by atoms with Gasteiger partial charge < -0.3 is 10.2 Å². The maximum atomic E-state index is 14.0. The fraction of sp³-hybridized carbons (Fsp3) is 0.310. The lowest BCUT2D eigenvalue weighted by Gasteiger charge is -2.33. The molecule has 10 heteroatoms. The van der Waals surface area contributed by atoms with Crippen molar-refractivity contribution in [3.8, 4) is 0 Å². The molecule has 1 atom stereocenters. The van der Waals surface area contributed by atoms with Crippen LogP contribution in [0.4, 0.5) is 10.1 Å². The number of carbonyl (C=O) groups is 2. The van der Waals surface area contributed by atoms with Gasteiger partial charge in [0.15, 0.2) is 0 Å². The van der Waals surface area contributed by atoms with Crippen LogP contribution < -0.4 is 9.62 Å². The van der Waals surface area contributed by atoms with Gasteiger partial charge in [-0.05, 0) is 80.8 Å². The Labute approximate surface area is 234 Å². The van der Waals surface area contributed by atoms with Gasteiger partial charge in [0.2, 0.25) is 11.8 Å². The largest absolute Gasteiger partial charge is 0.355 e. The minimum atomic E-state index is -4.18. The molecule has 0 aliphatic heterocycles. The summed E-state index contributed by atoms with van der Waals surface area (Å²) in [5.41, 5.74) is 2.34. The highest BCUT2D eigenvalue weighted by Crippen LogP contribution is 2.29. The van der Waals surface area contributed by atoms with Gasteiger partial charge in [-0.2, -0.15) is 0 Å². The van der Waals surface area contributed by atoms with Crippen LogP contribution in [0.15, 0.2) is 71.6 Å². The molecule has 0 unspecified atom stereocenters. The Kier molecular flexibility index (Phi) is 10.1. The van der Waals surface area contributed by atoms with Gasteiger partial charge in [0.05, 0.1) is 10.6 Å². The van der Waals surface area contributed by atoms with Gasteiger partial charge in [-0.15, -0.1) is 0 Å². The van der Waals surface area contributed by atoms with Crippen molar-refractivity contribution < 1.29 is 22.4 Å². The molecule has 0 aromatic heterocycles. The van der Waals surface area contributed by atoms with Crippen molar-refractivity contribution in [2.24, 2.45) is 0 Å². The number of amides is 2. The number of aryl methyl sites for hydroxylation is 2. The Morgan fingerprint density at radius 2 is 1.62 bits per heavy atom. The number of nitrogens with zero attached hydrogens (tertiary/aromatic N) is 2. The van der Waals surface area contributed by atoms with Crippen molar-refractivity contribution in [3.63, 3.8) is 0 Å². The maximum Gasteiger partial charge on any atom is 0.264 e. The second kappa shape index (κ2) is 13.1. The number of sulfonamides is 1. The first-order valence-corrected chi connectivity index (χ1v) is 14.5. The predicted octanol–water partition coefficient (Wildman–Crippen LogP) is 5.23. The molecule has 0 aliphatic carbocycles. The normalized spacial score (nSPS) is 12.1. The van der Waals surface area contributed by atoms with Crippen molar-refractivity contribution in [2.45, 2.75) is 51.6 Å². The highest BCUT2D eigenvalue weighted by atomic mass is 35.5. The number of benzene rings is 3. The zero-order chi connectivity index (χ0) is 28.7. The third kappa shape index (κ3) is 7.36. The van der Waals surface area contributed by atoms with Crippen LogP contribution in [0, 0.1) is 19.7 Å². The smallest absolute Gasteiger partial charge is 0.264 e. The highest BCUT2D eigenvalue weighted by molar-refractivity contribution is 7.92. The predicted molar refractivity (Wildman–Crippen MR) is 152 cm³/mol. The number of anilines is 1. The summed E-state index contributed by atoms with van der Waals surface area (Å²) in [5.74, 6) is -1.37. The topological polar surface area (TPSA) is 86.8 Å². The minimum Gasteiger partial charge on any atom is -0.355 e. The van der Waals surface area contributed by atoms with E-state index in [1.807, 2.05) is 6.92 Å². The van der Waals surface area contributed by atoms with Gasteiger partial charge in [-0.1, -0.05) is 48.4 Å². The van der Waals surface area contributed by atoms with E-state index in [1.165, 1.54) is 41.3 Å². The Bertz CT molecular complexity index is 1410. The monoisotopic (exact) mass is 573 g/mol. The Morgan fingerprint density at radius 3 is 2.18 bits per heavy atom. The van der Waals surface area contributed by atoms with Crippen molar-refractivity contribution >= 4 is 39.1 Å². The number of likely N-dealkylation sites (N-methyl/N-ethyl adjacent to an activating group) is 1. The summed E-state index contributed by atoms with van der Waals surface area (Å²) in [7, 11) is -4.18.